The summed E-state index contributed by atoms with van der Waals surface area (Å²) < 4.78 is 11.7. The lowest BCUT2D eigenvalue weighted by atomic mass is 10.1. The first-order valence-corrected chi connectivity index (χ1v) is 8.21. The minimum absolute atomic E-state index is 0.310. The summed E-state index contributed by atoms with van der Waals surface area (Å²) >= 11 is 7.83. The zero-order valence-corrected chi connectivity index (χ0v) is 14.9. The highest BCUT2D eigenvalue weighted by atomic mass is 79.9. The van der Waals surface area contributed by atoms with E-state index in [2.05, 4.69) is 31.9 Å². The van der Waals surface area contributed by atoms with Crippen molar-refractivity contribution in [2.24, 2.45) is 0 Å². The van der Waals surface area contributed by atoms with Gasteiger partial charge in [-0.05, 0) is 50.1 Å². The Kier molecular flexibility index (Phi) is 5.55. The first kappa shape index (κ1) is 16.2. The maximum atomic E-state index is 12.1. The Labute approximate surface area is 142 Å². The van der Waals surface area contributed by atoms with Gasteiger partial charge in [0.15, 0.2) is 6.61 Å². The van der Waals surface area contributed by atoms with Crippen molar-refractivity contribution in [2.75, 3.05) is 13.7 Å². The van der Waals surface area contributed by atoms with Crippen molar-refractivity contribution in [3.8, 4) is 5.75 Å². The van der Waals surface area contributed by atoms with Crippen LogP contribution in [0.25, 0.3) is 0 Å². The Bertz CT molecular complexity index is 662. The van der Waals surface area contributed by atoms with Crippen LogP contribution in [0.4, 0.5) is 0 Å². The second-order valence-electron chi connectivity index (χ2n) is 3.93. The van der Waals surface area contributed by atoms with Crippen molar-refractivity contribution < 1.29 is 19.1 Å². The normalized spacial score (nSPS) is 10.2. The molecule has 0 N–H and O–H groups in total. The molecule has 0 amide bonds. The van der Waals surface area contributed by atoms with E-state index in [4.69, 9.17) is 9.47 Å². The van der Waals surface area contributed by atoms with E-state index in [0.717, 1.165) is 8.26 Å². The van der Waals surface area contributed by atoms with Gasteiger partial charge in [0.25, 0.3) is 0 Å². The molecule has 7 heteroatoms. The Hall–Kier alpha value is -1.18. The molecule has 2 rings (SSSR count). The quantitative estimate of drug-likeness (QED) is 0.520. The number of rotatable bonds is 5. The Balaban J connectivity index is 2.02. The molecule has 0 aliphatic carbocycles. The third kappa shape index (κ3) is 3.93. The summed E-state index contributed by atoms with van der Waals surface area (Å²) in [5.74, 6) is -0.384. The Morgan fingerprint density at radius 1 is 1.24 bits per heavy atom. The first-order chi connectivity index (χ1) is 10.0. The third-order valence-corrected chi connectivity index (χ3v) is 5.82. The van der Waals surface area contributed by atoms with Gasteiger partial charge in [-0.2, -0.15) is 0 Å². The van der Waals surface area contributed by atoms with Crippen LogP contribution in [0.2, 0.25) is 0 Å². The van der Waals surface area contributed by atoms with Crippen LogP contribution < -0.4 is 4.74 Å². The molecule has 0 aliphatic heterocycles. The minimum atomic E-state index is -0.533. The molecule has 4 nitrogen and oxygen atoms in total. The largest absolute Gasteiger partial charge is 0.496 e. The smallest absolute Gasteiger partial charge is 0.348 e. The maximum Gasteiger partial charge on any atom is 0.348 e. The molecular formula is C14H10Br2O4S. The van der Waals surface area contributed by atoms with E-state index >= 15 is 0 Å². The van der Waals surface area contributed by atoms with Gasteiger partial charge >= 0.3 is 5.97 Å². The highest BCUT2D eigenvalue weighted by Gasteiger charge is 2.17. The zero-order chi connectivity index (χ0) is 15.4. The average molecular weight is 434 g/mol. The molecule has 0 spiro atoms. The molecule has 1 aromatic heterocycles. The highest BCUT2D eigenvalue weighted by Crippen LogP contribution is 2.32. The van der Waals surface area contributed by atoms with Gasteiger partial charge in [0, 0.05) is 4.47 Å². The summed E-state index contributed by atoms with van der Waals surface area (Å²) in [7, 11) is 1.48. The molecule has 0 bridgehead atoms. The SMILES string of the molecule is COc1ccccc1C(=O)COC(=O)c1cc(Br)c(Br)s1. The van der Waals surface area contributed by atoms with Crippen molar-refractivity contribution in [2.45, 2.75) is 0 Å². The van der Waals surface area contributed by atoms with E-state index in [1.807, 2.05) is 0 Å². The first-order valence-electron chi connectivity index (χ1n) is 5.81. The van der Waals surface area contributed by atoms with Crippen LogP contribution >= 0.6 is 43.2 Å². The monoisotopic (exact) mass is 432 g/mol. The lowest BCUT2D eigenvalue weighted by molar-refractivity contribution is 0.0478. The van der Waals surface area contributed by atoms with Gasteiger partial charge in [0.05, 0.1) is 16.5 Å². The number of hydrogen-bond donors (Lipinski definition) is 0. The van der Waals surface area contributed by atoms with Crippen LogP contribution in [-0.4, -0.2) is 25.5 Å². The standard InChI is InChI=1S/C14H10Br2O4S/c1-19-11-5-3-2-4-8(11)10(17)7-20-14(18)12-6-9(15)13(16)21-12/h2-6H,7H2,1H3. The van der Waals surface area contributed by atoms with Crippen molar-refractivity contribution in [1.82, 2.24) is 0 Å². The van der Waals surface area contributed by atoms with Gasteiger partial charge in [-0.1, -0.05) is 12.1 Å². The van der Waals surface area contributed by atoms with E-state index in [9.17, 15) is 9.59 Å². The fourth-order valence-corrected chi connectivity index (χ4v) is 3.53. The molecule has 110 valence electrons. The van der Waals surface area contributed by atoms with Crippen LogP contribution in [0.15, 0.2) is 38.6 Å². The number of carbonyl (C=O) groups excluding carboxylic acids is 2. The molecule has 0 radical (unpaired) electrons. The topological polar surface area (TPSA) is 52.6 Å². The number of Topliss-reactive ketones (excluding diaryl/α,β-unsaturated/α-hetero) is 1. The fourth-order valence-electron chi connectivity index (χ4n) is 1.60. The van der Waals surface area contributed by atoms with Crippen molar-refractivity contribution in [3.05, 3.63) is 49.0 Å². The van der Waals surface area contributed by atoms with Gasteiger partial charge in [-0.3, -0.25) is 4.79 Å². The maximum absolute atomic E-state index is 12.1. The van der Waals surface area contributed by atoms with Crippen LogP contribution in [-0.2, 0) is 4.74 Å². The molecule has 21 heavy (non-hydrogen) atoms. The number of esters is 1. The molecule has 2 aromatic rings. The van der Waals surface area contributed by atoms with E-state index < -0.39 is 5.97 Å². The van der Waals surface area contributed by atoms with Gasteiger partial charge in [-0.15, -0.1) is 11.3 Å². The number of ether oxygens (including phenoxy) is 2. The number of benzene rings is 1. The predicted molar refractivity (Wildman–Crippen MR) is 87.3 cm³/mol. The molecule has 0 saturated carbocycles. The summed E-state index contributed by atoms with van der Waals surface area (Å²) in [4.78, 5) is 24.3. The predicted octanol–water partition coefficient (Wildman–Crippen LogP) is 4.32. The van der Waals surface area contributed by atoms with Gasteiger partial charge in [0.1, 0.15) is 10.6 Å². The third-order valence-electron chi connectivity index (χ3n) is 2.59. The molecule has 0 atom stereocenters. The number of hydrogen-bond acceptors (Lipinski definition) is 5. The Morgan fingerprint density at radius 3 is 2.57 bits per heavy atom. The fraction of sp³-hybridized carbons (Fsp3) is 0.143. The Morgan fingerprint density at radius 2 is 1.95 bits per heavy atom. The zero-order valence-electron chi connectivity index (χ0n) is 10.9. The molecular weight excluding hydrogens is 424 g/mol. The molecule has 0 saturated heterocycles. The molecule has 1 heterocycles. The second kappa shape index (κ2) is 7.20. The summed E-state index contributed by atoms with van der Waals surface area (Å²) in [5, 5.41) is 0. The van der Waals surface area contributed by atoms with Crippen LogP contribution in [0.5, 0.6) is 5.75 Å². The van der Waals surface area contributed by atoms with Crippen molar-refractivity contribution in [3.63, 3.8) is 0 Å². The second-order valence-corrected chi connectivity index (χ2v) is 7.16. The minimum Gasteiger partial charge on any atom is -0.496 e. The van der Waals surface area contributed by atoms with Crippen LogP contribution in [0, 0.1) is 0 Å². The van der Waals surface area contributed by atoms with Crippen LogP contribution in [0.1, 0.15) is 20.0 Å². The van der Waals surface area contributed by atoms with Crippen LogP contribution in [0.3, 0.4) is 0 Å². The number of carbonyl (C=O) groups is 2. The number of methoxy groups -OCH3 is 1. The summed E-state index contributed by atoms with van der Waals surface area (Å²) in [5.41, 5.74) is 0.390. The average Bonchev–Trinajstić information content (AvgIpc) is 2.84. The van der Waals surface area contributed by atoms with E-state index in [1.165, 1.54) is 18.4 Å². The van der Waals surface area contributed by atoms with Crippen molar-refractivity contribution in [1.29, 1.82) is 0 Å². The van der Waals surface area contributed by atoms with E-state index in [0.29, 0.717) is 16.2 Å². The van der Waals surface area contributed by atoms with Gasteiger partial charge in [-0.25, -0.2) is 4.79 Å². The van der Waals surface area contributed by atoms with Crippen molar-refractivity contribution >= 4 is 54.9 Å². The van der Waals surface area contributed by atoms with Gasteiger partial charge in [0.2, 0.25) is 5.78 Å². The van der Waals surface area contributed by atoms with E-state index in [1.54, 1.807) is 30.3 Å². The number of ketones is 1. The molecule has 0 fully saturated rings. The van der Waals surface area contributed by atoms with Gasteiger partial charge < -0.3 is 9.47 Å². The molecule has 1 aromatic carbocycles. The summed E-state index contributed by atoms with van der Waals surface area (Å²) in [6.07, 6.45) is 0. The molecule has 0 aliphatic rings. The summed E-state index contributed by atoms with van der Waals surface area (Å²) in [6.45, 7) is -0.327. The molecule has 0 unspecified atom stereocenters. The highest BCUT2D eigenvalue weighted by molar-refractivity contribution is 9.13. The number of halogens is 2. The number of para-hydroxylation sites is 1. The number of thiophene rings is 1. The lowest BCUT2D eigenvalue weighted by Crippen LogP contribution is -2.14. The lowest BCUT2D eigenvalue weighted by Gasteiger charge is -2.07. The van der Waals surface area contributed by atoms with E-state index in [-0.39, 0.29) is 12.4 Å². The summed E-state index contributed by atoms with van der Waals surface area (Å²) in [6, 6.07) is 8.45.